The molecule has 0 nitrogen and oxygen atoms in total. The van der Waals surface area contributed by atoms with E-state index in [-0.39, 0.29) is 37.2 Å². The van der Waals surface area contributed by atoms with Crippen molar-refractivity contribution in [1.82, 2.24) is 0 Å². The predicted octanol–water partition coefficient (Wildman–Crippen LogP) is 18.0. The molecule has 316 valence electrons. The van der Waals surface area contributed by atoms with E-state index in [4.69, 9.17) is 0 Å². The van der Waals surface area contributed by atoms with Gasteiger partial charge >= 0.3 is 6.18 Å². The molecule has 0 rings (SSSR count). The predicted molar refractivity (Wildman–Crippen MR) is 196 cm³/mol. The van der Waals surface area contributed by atoms with Crippen LogP contribution in [0.3, 0.4) is 0 Å². The molecule has 3 unspecified atom stereocenters. The van der Waals surface area contributed by atoms with Gasteiger partial charge in [0.1, 0.15) is 0 Å². The molecule has 0 radical (unpaired) electrons. The summed E-state index contributed by atoms with van der Waals surface area (Å²) < 4.78 is 148. The monoisotopic (exact) mass is 777 g/mol. The number of rotatable bonds is 7. The van der Waals surface area contributed by atoms with Gasteiger partial charge in [0.2, 0.25) is 12.3 Å². The van der Waals surface area contributed by atoms with Gasteiger partial charge in [-0.05, 0) is 106 Å². The van der Waals surface area contributed by atoms with Gasteiger partial charge in [-0.25, -0.2) is 35.1 Å². The summed E-state index contributed by atoms with van der Waals surface area (Å²) in [4.78, 5) is 0. The molecule has 0 saturated heterocycles. The van der Waals surface area contributed by atoms with Crippen molar-refractivity contribution in [2.24, 2.45) is 11.8 Å². The molecule has 0 amide bonds. The molecule has 0 spiro atoms. The number of halogens is 13. The molecular formula is C38H73F13. The minimum Gasteiger partial charge on any atom is -0.248 e. The Bertz CT molecular complexity index is 776. The van der Waals surface area contributed by atoms with Gasteiger partial charge in [0.15, 0.2) is 0 Å². The van der Waals surface area contributed by atoms with Gasteiger partial charge < -0.3 is 0 Å². The van der Waals surface area contributed by atoms with Crippen molar-refractivity contribution in [3.05, 3.63) is 46.9 Å². The van der Waals surface area contributed by atoms with Gasteiger partial charge in [-0.1, -0.05) is 79.7 Å². The molecule has 0 aliphatic carbocycles. The zero-order valence-electron chi connectivity index (χ0n) is 33.6. The highest BCUT2D eigenvalue weighted by Gasteiger charge is 2.33. The van der Waals surface area contributed by atoms with E-state index in [0.29, 0.717) is 19.3 Å². The lowest BCUT2D eigenvalue weighted by molar-refractivity contribution is -0.170. The SMILES string of the molecule is C.C/C=C(\C)C(F)F.C/C=C(\C)F.CC=C(C)C.CCC(C)(F)F.CCC(C)=C(F)F.CCC(C)C(F)(F)F.CCC(C)C(F)F.CCC(C)F. The summed E-state index contributed by atoms with van der Waals surface area (Å²) in [5.41, 5.74) is 1.70. The Morgan fingerprint density at radius 2 is 0.941 bits per heavy atom. The molecule has 0 aromatic heterocycles. The minimum atomic E-state index is -3.99. The van der Waals surface area contributed by atoms with E-state index < -0.39 is 49.0 Å². The Labute approximate surface area is 304 Å². The van der Waals surface area contributed by atoms with Crippen molar-refractivity contribution in [3.63, 3.8) is 0 Å². The summed E-state index contributed by atoms with van der Waals surface area (Å²) in [7, 11) is 0. The van der Waals surface area contributed by atoms with Crippen LogP contribution in [0.2, 0.25) is 0 Å². The Morgan fingerprint density at radius 1 is 0.627 bits per heavy atom. The van der Waals surface area contributed by atoms with Crippen molar-refractivity contribution >= 4 is 0 Å². The highest BCUT2D eigenvalue weighted by Crippen LogP contribution is 2.27. The standard InChI is InChI=1S/C5H9F3.C5H10F2.2C5H8F2.C5H10.C4H8F2.C4H9F.C4H7F.CH4/c1-3-4(2)5(6,7)8;3*1-3-4(2)5(6)7;1-4-5(2)3;1-3-4(2,5)6;2*1-3-4(2)5;/h4H,3H2,1-2H3;4-5H,3H2,1-2H3;3H2,1-2H3;3,5H,1-2H3;4H,1-3H3;3H2,1-2H3;4H,3H2,1-2H3;3H,1-2H3;1H4/b;;;4-3+;;;;4-3+;. The minimum absolute atomic E-state index is 0. The Morgan fingerprint density at radius 3 is 0.941 bits per heavy atom. The van der Waals surface area contributed by atoms with Gasteiger partial charge in [0, 0.05) is 12.3 Å². The third-order valence-electron chi connectivity index (χ3n) is 6.06. The van der Waals surface area contributed by atoms with Gasteiger partial charge in [-0.2, -0.15) is 22.0 Å². The van der Waals surface area contributed by atoms with Crippen LogP contribution >= 0.6 is 0 Å². The highest BCUT2D eigenvalue weighted by atomic mass is 19.4. The quantitative estimate of drug-likeness (QED) is 0.178. The van der Waals surface area contributed by atoms with E-state index >= 15 is 0 Å². The van der Waals surface area contributed by atoms with Crippen LogP contribution in [-0.2, 0) is 0 Å². The number of allylic oxidation sites excluding steroid dienone is 7. The largest absolute Gasteiger partial charge is 0.391 e. The molecule has 0 aromatic rings. The van der Waals surface area contributed by atoms with Crippen LogP contribution in [0.5, 0.6) is 0 Å². The van der Waals surface area contributed by atoms with E-state index in [1.54, 1.807) is 41.5 Å². The first-order chi connectivity index (χ1) is 22.4. The molecule has 0 heterocycles. The van der Waals surface area contributed by atoms with E-state index in [0.717, 1.165) is 6.92 Å². The summed E-state index contributed by atoms with van der Waals surface area (Å²) in [5, 5.41) is 0. The topological polar surface area (TPSA) is 0 Å². The maximum absolute atomic E-state index is 11.5. The summed E-state index contributed by atoms with van der Waals surface area (Å²) in [5.74, 6) is -4.16. The van der Waals surface area contributed by atoms with Gasteiger partial charge in [-0.15, -0.1) is 0 Å². The Kier molecular flexibility index (Phi) is 63.8. The Hall–Kier alpha value is -1.95. The van der Waals surface area contributed by atoms with E-state index in [2.05, 4.69) is 19.9 Å². The first-order valence-corrected chi connectivity index (χ1v) is 16.6. The number of hydrogen-bond donors (Lipinski definition) is 0. The highest BCUT2D eigenvalue weighted by molar-refractivity contribution is 4.98. The molecule has 13 heteroatoms. The average Bonchev–Trinajstić information content (AvgIpc) is 3.03. The summed E-state index contributed by atoms with van der Waals surface area (Å²) in [6.45, 7) is 27.2. The molecule has 3 atom stereocenters. The molecule has 0 N–H and O–H groups in total. The molecule has 51 heavy (non-hydrogen) atoms. The van der Waals surface area contributed by atoms with E-state index in [1.807, 2.05) is 13.8 Å². The zero-order valence-corrected chi connectivity index (χ0v) is 33.6. The maximum atomic E-state index is 11.5. The number of alkyl halides is 10. The second-order valence-electron chi connectivity index (χ2n) is 11.2. The van der Waals surface area contributed by atoms with Crippen LogP contribution < -0.4 is 0 Å². The van der Waals surface area contributed by atoms with Crippen LogP contribution in [-0.4, -0.2) is 31.1 Å². The smallest absolute Gasteiger partial charge is 0.248 e. The van der Waals surface area contributed by atoms with Crippen molar-refractivity contribution < 1.29 is 57.1 Å². The lowest BCUT2D eigenvalue weighted by Crippen LogP contribution is -2.18. The van der Waals surface area contributed by atoms with Crippen LogP contribution in [0.25, 0.3) is 0 Å². The molecular weight excluding hydrogens is 703 g/mol. The molecule has 0 saturated carbocycles. The lowest BCUT2D eigenvalue weighted by Gasteiger charge is -2.11. The van der Waals surface area contributed by atoms with Crippen LogP contribution in [0, 0.1) is 11.8 Å². The molecule has 0 aliphatic heterocycles. The van der Waals surface area contributed by atoms with Crippen molar-refractivity contribution in [2.75, 3.05) is 0 Å². The van der Waals surface area contributed by atoms with Crippen LogP contribution in [0.1, 0.15) is 157 Å². The van der Waals surface area contributed by atoms with Crippen molar-refractivity contribution in [2.45, 2.75) is 188 Å². The second kappa shape index (κ2) is 46.1. The first kappa shape index (κ1) is 70.6. The first-order valence-electron chi connectivity index (χ1n) is 16.6. The zero-order chi connectivity index (χ0) is 42.4. The Balaban J connectivity index is -0.0000000566. The number of hydrogen-bond acceptors (Lipinski definition) is 0. The molecule has 0 bridgehead atoms. The summed E-state index contributed by atoms with van der Waals surface area (Å²) in [6, 6.07) is 0. The van der Waals surface area contributed by atoms with Crippen LogP contribution in [0.15, 0.2) is 46.9 Å². The fourth-order valence-electron chi connectivity index (χ4n) is 0.669. The lowest BCUT2D eigenvalue weighted by atomic mass is 10.1. The van der Waals surface area contributed by atoms with Gasteiger partial charge in [-0.3, -0.25) is 0 Å². The van der Waals surface area contributed by atoms with Crippen molar-refractivity contribution in [1.29, 1.82) is 0 Å². The fraction of sp³-hybridized carbons (Fsp3) is 0.789. The third kappa shape index (κ3) is 93.3. The summed E-state index contributed by atoms with van der Waals surface area (Å²) >= 11 is 0. The van der Waals surface area contributed by atoms with Gasteiger partial charge in [0.05, 0.1) is 17.9 Å². The second-order valence-corrected chi connectivity index (χ2v) is 11.2. The normalized spacial score (nSPS) is 12.3. The fourth-order valence-corrected chi connectivity index (χ4v) is 0.669. The van der Waals surface area contributed by atoms with E-state index in [1.165, 1.54) is 59.3 Å². The van der Waals surface area contributed by atoms with Crippen LogP contribution in [0.4, 0.5) is 57.1 Å². The summed E-state index contributed by atoms with van der Waals surface area (Å²) in [6.07, 6.45) is -3.89. The van der Waals surface area contributed by atoms with Crippen molar-refractivity contribution in [3.8, 4) is 0 Å². The third-order valence-corrected chi connectivity index (χ3v) is 6.06. The maximum Gasteiger partial charge on any atom is 0.391 e. The van der Waals surface area contributed by atoms with Gasteiger partial charge in [0.25, 0.3) is 12.5 Å². The molecule has 0 fully saturated rings. The van der Waals surface area contributed by atoms with E-state index in [9.17, 15) is 57.1 Å². The molecule has 0 aliphatic rings. The average molecular weight is 777 g/mol. The molecule has 0 aromatic carbocycles.